The Morgan fingerprint density at radius 2 is 1.78 bits per heavy atom. The lowest BCUT2D eigenvalue weighted by molar-refractivity contribution is 0.0698. The summed E-state index contributed by atoms with van der Waals surface area (Å²) in [5, 5.41) is 13.4. The number of nitrogens with zero attached hydrogens (tertiary/aromatic N) is 1. The van der Waals surface area contributed by atoms with Gasteiger partial charge in [0.15, 0.2) is 5.43 Å². The van der Waals surface area contributed by atoms with Gasteiger partial charge in [0.05, 0.1) is 22.6 Å². The molecule has 0 spiro atoms. The Balaban J connectivity index is 1.53. The molecule has 1 unspecified atom stereocenters. The summed E-state index contributed by atoms with van der Waals surface area (Å²) in [6.07, 6.45) is 0. The maximum Gasteiger partial charge on any atom is 0.337 e. The molecule has 1 aliphatic rings. The lowest BCUT2D eigenvalue weighted by Crippen LogP contribution is -2.58. The van der Waals surface area contributed by atoms with Crippen molar-refractivity contribution in [1.29, 1.82) is 0 Å². The number of benzene rings is 3. The van der Waals surface area contributed by atoms with E-state index >= 15 is 0 Å². The molecule has 1 atom stereocenters. The molecule has 0 amide bonds. The van der Waals surface area contributed by atoms with Gasteiger partial charge in [-0.25, -0.2) is 9.18 Å². The number of fused-ring (bicyclic) bond motifs is 1. The van der Waals surface area contributed by atoms with Crippen LogP contribution in [0.1, 0.15) is 52.5 Å². The lowest BCUT2D eigenvalue weighted by atomic mass is 9.75. The highest BCUT2D eigenvalue weighted by Gasteiger charge is 2.42. The summed E-state index contributed by atoms with van der Waals surface area (Å²) in [6.45, 7) is 9.01. The third-order valence-corrected chi connectivity index (χ3v) is 7.27. The lowest BCUT2D eigenvalue weighted by Gasteiger charge is -2.49. The Morgan fingerprint density at radius 3 is 2.46 bits per heavy atom. The van der Waals surface area contributed by atoms with Gasteiger partial charge in [-0.1, -0.05) is 37.3 Å². The molecule has 5 rings (SSSR count). The minimum absolute atomic E-state index is 0.0882. The number of carbonyl (C=O) groups is 1. The standard InChI is InChI=1S/C30H29FN2O4/c1-17-13-23(19(3)32-25-8-6-5-7-22(25)29(35)36)27-24(14-17)26(34)18(2)28(37-27)33-15-30(4,16-33)20-9-11-21(31)12-10-20/h5-14,19,32H,15-16H2,1-4H3,(H,35,36). The molecule has 1 fully saturated rings. The molecule has 2 heterocycles. The normalized spacial score (nSPS) is 15.3. The molecule has 3 aromatic carbocycles. The molecule has 1 aliphatic heterocycles. The molecule has 6 nitrogen and oxygen atoms in total. The van der Waals surface area contributed by atoms with E-state index < -0.39 is 5.97 Å². The molecule has 1 saturated heterocycles. The van der Waals surface area contributed by atoms with Crippen molar-refractivity contribution in [2.24, 2.45) is 0 Å². The fourth-order valence-electron chi connectivity index (χ4n) is 5.26. The quantitative estimate of drug-likeness (QED) is 0.328. The highest BCUT2D eigenvalue weighted by atomic mass is 19.1. The first-order chi connectivity index (χ1) is 17.6. The number of nitrogens with one attached hydrogen (secondary N) is 1. The van der Waals surface area contributed by atoms with Crippen LogP contribution in [0.5, 0.6) is 0 Å². The van der Waals surface area contributed by atoms with Gasteiger partial charge in [0, 0.05) is 29.8 Å². The Labute approximate surface area is 214 Å². The molecular weight excluding hydrogens is 471 g/mol. The molecule has 2 N–H and O–H groups in total. The predicted octanol–water partition coefficient (Wildman–Crippen LogP) is 6.20. The van der Waals surface area contributed by atoms with Gasteiger partial charge in [-0.3, -0.25) is 4.79 Å². The van der Waals surface area contributed by atoms with Crippen LogP contribution in [0.2, 0.25) is 0 Å². The number of hydrogen-bond donors (Lipinski definition) is 2. The van der Waals surface area contributed by atoms with Crippen molar-refractivity contribution in [3.05, 3.63) is 105 Å². The Bertz CT molecular complexity index is 1570. The summed E-state index contributed by atoms with van der Waals surface area (Å²) in [6, 6.07) is 16.7. The zero-order valence-corrected chi connectivity index (χ0v) is 21.3. The first kappa shape index (κ1) is 24.6. The van der Waals surface area contributed by atoms with Crippen LogP contribution in [0.25, 0.3) is 11.0 Å². The summed E-state index contributed by atoms with van der Waals surface area (Å²) >= 11 is 0. The van der Waals surface area contributed by atoms with Gasteiger partial charge >= 0.3 is 5.97 Å². The van der Waals surface area contributed by atoms with Gasteiger partial charge in [0.1, 0.15) is 11.4 Å². The van der Waals surface area contributed by atoms with Gasteiger partial charge in [0.2, 0.25) is 5.88 Å². The van der Waals surface area contributed by atoms with Gasteiger partial charge in [0.25, 0.3) is 0 Å². The third kappa shape index (κ3) is 4.35. The topological polar surface area (TPSA) is 82.8 Å². The average molecular weight is 501 g/mol. The number of aromatic carboxylic acids is 1. The van der Waals surface area contributed by atoms with E-state index in [2.05, 4.69) is 12.2 Å². The number of carboxylic acid groups (broad SMARTS) is 1. The van der Waals surface area contributed by atoms with Crippen molar-refractivity contribution >= 4 is 28.5 Å². The maximum atomic E-state index is 13.5. The van der Waals surface area contributed by atoms with E-state index in [9.17, 15) is 19.1 Å². The van der Waals surface area contributed by atoms with Gasteiger partial charge in [-0.05, 0) is 62.2 Å². The van der Waals surface area contributed by atoms with Crippen LogP contribution >= 0.6 is 0 Å². The van der Waals surface area contributed by atoms with E-state index in [-0.39, 0.29) is 28.3 Å². The smallest absolute Gasteiger partial charge is 0.337 e. The van der Waals surface area contributed by atoms with Gasteiger partial charge in [-0.2, -0.15) is 0 Å². The summed E-state index contributed by atoms with van der Waals surface area (Å²) in [4.78, 5) is 27.2. The minimum Gasteiger partial charge on any atom is -0.478 e. The minimum atomic E-state index is -1.02. The van der Waals surface area contributed by atoms with Gasteiger partial charge < -0.3 is 19.7 Å². The number of rotatable bonds is 6. The number of halogens is 1. The number of carboxylic acids is 1. The largest absolute Gasteiger partial charge is 0.478 e. The molecule has 190 valence electrons. The second kappa shape index (κ2) is 9.07. The van der Waals surface area contributed by atoms with E-state index in [0.29, 0.717) is 41.2 Å². The second-order valence-corrected chi connectivity index (χ2v) is 10.2. The first-order valence-electron chi connectivity index (χ1n) is 12.3. The van der Waals surface area contributed by atoms with E-state index in [0.717, 1.165) is 16.7 Å². The number of anilines is 2. The molecule has 37 heavy (non-hydrogen) atoms. The molecule has 0 bridgehead atoms. The number of hydrogen-bond acceptors (Lipinski definition) is 5. The van der Waals surface area contributed by atoms with Crippen molar-refractivity contribution in [1.82, 2.24) is 0 Å². The molecule has 0 aliphatic carbocycles. The zero-order valence-electron chi connectivity index (χ0n) is 21.3. The Morgan fingerprint density at radius 1 is 1.11 bits per heavy atom. The fourth-order valence-corrected chi connectivity index (χ4v) is 5.26. The predicted molar refractivity (Wildman–Crippen MR) is 143 cm³/mol. The van der Waals surface area contributed by atoms with E-state index in [4.69, 9.17) is 4.42 Å². The SMILES string of the molecule is Cc1cc(C(C)Nc2ccccc2C(=O)O)c2oc(N3CC(C)(c4ccc(F)cc4)C3)c(C)c(=O)c2c1. The van der Waals surface area contributed by atoms with E-state index in [1.54, 1.807) is 43.3 Å². The molecular formula is C30H29FN2O4. The van der Waals surface area contributed by atoms with Crippen LogP contribution in [0.15, 0.2) is 69.9 Å². The highest BCUT2D eigenvalue weighted by molar-refractivity contribution is 5.94. The summed E-state index contributed by atoms with van der Waals surface area (Å²) in [7, 11) is 0. The van der Waals surface area contributed by atoms with Crippen LogP contribution in [-0.4, -0.2) is 24.2 Å². The van der Waals surface area contributed by atoms with Crippen molar-refractivity contribution < 1.29 is 18.7 Å². The Kier molecular flexibility index (Phi) is 6.02. The summed E-state index contributed by atoms with van der Waals surface area (Å²) in [5.74, 6) is -0.757. The molecule has 4 aromatic rings. The van der Waals surface area contributed by atoms with Crippen molar-refractivity contribution in [2.75, 3.05) is 23.3 Å². The fraction of sp³-hybridized carbons (Fsp3) is 0.267. The molecule has 0 radical (unpaired) electrons. The van der Waals surface area contributed by atoms with Crippen molar-refractivity contribution in [3.63, 3.8) is 0 Å². The number of aryl methyl sites for hydroxylation is 1. The average Bonchev–Trinajstić information content (AvgIpc) is 2.85. The molecule has 7 heteroatoms. The van der Waals surface area contributed by atoms with Crippen LogP contribution in [-0.2, 0) is 5.41 Å². The van der Waals surface area contributed by atoms with E-state index in [1.807, 2.05) is 30.9 Å². The Hall–Kier alpha value is -4.13. The number of para-hydroxylation sites is 1. The monoisotopic (exact) mass is 500 g/mol. The second-order valence-electron chi connectivity index (χ2n) is 10.2. The molecule has 1 aromatic heterocycles. The summed E-state index contributed by atoms with van der Waals surface area (Å²) < 4.78 is 19.9. The first-order valence-corrected chi connectivity index (χ1v) is 12.3. The van der Waals surface area contributed by atoms with Crippen LogP contribution in [0.4, 0.5) is 16.0 Å². The van der Waals surface area contributed by atoms with Crippen molar-refractivity contribution in [2.45, 2.75) is 39.2 Å². The van der Waals surface area contributed by atoms with E-state index in [1.165, 1.54) is 12.1 Å². The third-order valence-electron chi connectivity index (χ3n) is 7.27. The van der Waals surface area contributed by atoms with Gasteiger partial charge in [-0.15, -0.1) is 0 Å². The van der Waals surface area contributed by atoms with Crippen LogP contribution < -0.4 is 15.6 Å². The maximum absolute atomic E-state index is 13.5. The zero-order chi connectivity index (χ0) is 26.5. The molecule has 0 saturated carbocycles. The van der Waals surface area contributed by atoms with Crippen LogP contribution in [0, 0.1) is 19.7 Å². The van der Waals surface area contributed by atoms with Crippen molar-refractivity contribution in [3.8, 4) is 0 Å². The highest BCUT2D eigenvalue weighted by Crippen LogP contribution is 2.40. The summed E-state index contributed by atoms with van der Waals surface area (Å²) in [5.41, 5.74) is 4.15. The van der Waals surface area contributed by atoms with Crippen LogP contribution in [0.3, 0.4) is 0 Å².